The minimum atomic E-state index is -0.0973. The SMILES string of the molecule is CC[CH-]NC(=O)NCCCCCc1ccccc1.[Y]. The Morgan fingerprint density at radius 1 is 1.16 bits per heavy atom. The van der Waals surface area contributed by atoms with Crippen molar-refractivity contribution in [3.8, 4) is 0 Å². The number of nitrogens with one attached hydrogen (secondary N) is 2. The van der Waals surface area contributed by atoms with Crippen LogP contribution in [0, 0.1) is 6.54 Å². The Labute approximate surface area is 141 Å². The molecule has 0 unspecified atom stereocenters. The molecule has 1 radical (unpaired) electrons. The van der Waals surface area contributed by atoms with Crippen LogP contribution in [0.25, 0.3) is 0 Å². The predicted molar refractivity (Wildman–Crippen MR) is 75.1 cm³/mol. The van der Waals surface area contributed by atoms with Gasteiger partial charge in [-0.25, -0.2) is 6.54 Å². The van der Waals surface area contributed by atoms with Crippen LogP contribution in [-0.2, 0) is 39.1 Å². The molecule has 0 aromatic heterocycles. The summed E-state index contributed by atoms with van der Waals surface area (Å²) in [6, 6.07) is 10.4. The van der Waals surface area contributed by atoms with Crippen molar-refractivity contribution in [3.05, 3.63) is 42.4 Å². The Hall–Kier alpha value is -0.406. The van der Waals surface area contributed by atoms with Gasteiger partial charge < -0.3 is 10.6 Å². The molecular formula is C15H23N2OY-. The van der Waals surface area contributed by atoms with Crippen LogP contribution in [-0.4, -0.2) is 12.6 Å². The van der Waals surface area contributed by atoms with E-state index in [1.54, 1.807) is 6.54 Å². The second-order valence-corrected chi connectivity index (χ2v) is 4.31. The molecule has 4 heteroatoms. The van der Waals surface area contributed by atoms with Crippen LogP contribution in [0.1, 0.15) is 38.2 Å². The Kier molecular flexibility index (Phi) is 12.3. The summed E-state index contributed by atoms with van der Waals surface area (Å²) < 4.78 is 0. The molecular weight excluding hydrogens is 313 g/mol. The molecule has 0 saturated carbocycles. The van der Waals surface area contributed by atoms with Gasteiger partial charge >= 0.3 is 0 Å². The number of rotatable bonds is 8. The van der Waals surface area contributed by atoms with Gasteiger partial charge in [-0.15, -0.1) is 0 Å². The first-order valence-corrected chi connectivity index (χ1v) is 6.73. The van der Waals surface area contributed by atoms with E-state index >= 15 is 0 Å². The number of aryl methyl sites for hydroxylation is 1. The van der Waals surface area contributed by atoms with Crippen molar-refractivity contribution in [2.45, 2.75) is 39.0 Å². The van der Waals surface area contributed by atoms with Crippen LogP contribution in [0.2, 0.25) is 0 Å². The van der Waals surface area contributed by atoms with Crippen LogP contribution in [0.15, 0.2) is 30.3 Å². The first-order chi connectivity index (χ1) is 8.83. The topological polar surface area (TPSA) is 41.1 Å². The third-order valence-electron chi connectivity index (χ3n) is 2.71. The molecule has 2 amide bonds. The number of hydrogen-bond donors (Lipinski definition) is 2. The van der Waals surface area contributed by atoms with Gasteiger partial charge in [-0.2, -0.15) is 6.42 Å². The number of amides is 2. The predicted octanol–water partition coefficient (Wildman–Crippen LogP) is 3.27. The summed E-state index contributed by atoms with van der Waals surface area (Å²) in [5.74, 6) is 0. The maximum absolute atomic E-state index is 11.2. The Bertz CT molecular complexity index is 330. The molecule has 0 fully saturated rings. The summed E-state index contributed by atoms with van der Waals surface area (Å²) in [4.78, 5) is 11.2. The van der Waals surface area contributed by atoms with Crippen LogP contribution >= 0.6 is 0 Å². The molecule has 0 bridgehead atoms. The van der Waals surface area contributed by atoms with Gasteiger partial charge in [0.25, 0.3) is 6.03 Å². The fraction of sp³-hybridized carbons (Fsp3) is 0.467. The van der Waals surface area contributed by atoms with Crippen molar-refractivity contribution in [2.24, 2.45) is 0 Å². The second kappa shape index (κ2) is 12.6. The quantitative estimate of drug-likeness (QED) is 0.555. The maximum Gasteiger partial charge on any atom is 0.285 e. The average Bonchev–Trinajstić information content (AvgIpc) is 2.41. The summed E-state index contributed by atoms with van der Waals surface area (Å²) in [6.07, 6.45) is 5.33. The molecule has 0 heterocycles. The van der Waals surface area contributed by atoms with Crippen molar-refractivity contribution in [1.29, 1.82) is 0 Å². The first kappa shape index (κ1) is 18.6. The number of carbonyl (C=O) groups is 1. The summed E-state index contributed by atoms with van der Waals surface area (Å²) in [5.41, 5.74) is 1.39. The Balaban J connectivity index is 0.00000324. The molecule has 19 heavy (non-hydrogen) atoms. The fourth-order valence-electron chi connectivity index (χ4n) is 1.72. The van der Waals surface area contributed by atoms with Gasteiger partial charge in [0.15, 0.2) is 0 Å². The largest absolute Gasteiger partial charge is 0.487 e. The van der Waals surface area contributed by atoms with Gasteiger partial charge in [0, 0.05) is 39.3 Å². The zero-order valence-corrected chi connectivity index (χ0v) is 14.5. The van der Waals surface area contributed by atoms with Gasteiger partial charge in [-0.05, 0) is 24.8 Å². The van der Waals surface area contributed by atoms with E-state index in [-0.39, 0.29) is 38.7 Å². The van der Waals surface area contributed by atoms with Crippen molar-refractivity contribution >= 4 is 6.03 Å². The molecule has 103 valence electrons. The van der Waals surface area contributed by atoms with Gasteiger partial charge in [-0.3, -0.25) is 4.79 Å². The standard InChI is InChI=1S/C15H23N2O.Y/c1-2-12-16-15(18)17-13-8-4-7-11-14-9-5-3-6-10-14;/h3,5-6,9-10,12H,2,4,7-8,11,13H2,1H3,(H2,16,17,18);/q-1;. The van der Waals surface area contributed by atoms with Crippen LogP contribution in [0.5, 0.6) is 0 Å². The number of carbonyl (C=O) groups excluding carboxylic acids is 1. The summed E-state index contributed by atoms with van der Waals surface area (Å²) >= 11 is 0. The first-order valence-electron chi connectivity index (χ1n) is 6.73. The summed E-state index contributed by atoms with van der Waals surface area (Å²) in [5, 5.41) is 5.51. The fourth-order valence-corrected chi connectivity index (χ4v) is 1.72. The van der Waals surface area contributed by atoms with E-state index < -0.39 is 0 Å². The zero-order valence-electron chi connectivity index (χ0n) is 11.7. The Morgan fingerprint density at radius 3 is 2.58 bits per heavy atom. The zero-order chi connectivity index (χ0) is 13.1. The third-order valence-corrected chi connectivity index (χ3v) is 2.71. The van der Waals surface area contributed by atoms with E-state index in [4.69, 9.17) is 0 Å². The molecule has 0 aliphatic heterocycles. The number of urea groups is 1. The smallest absolute Gasteiger partial charge is 0.285 e. The van der Waals surface area contributed by atoms with E-state index in [1.165, 1.54) is 12.0 Å². The van der Waals surface area contributed by atoms with Crippen molar-refractivity contribution in [3.63, 3.8) is 0 Å². The number of unbranched alkanes of at least 4 members (excludes halogenated alkanes) is 2. The molecule has 1 aromatic carbocycles. The number of hydrogen-bond acceptors (Lipinski definition) is 1. The minimum absolute atomic E-state index is 0. The summed E-state index contributed by atoms with van der Waals surface area (Å²) in [6.45, 7) is 4.49. The van der Waals surface area contributed by atoms with Gasteiger partial charge in [0.2, 0.25) is 0 Å². The Morgan fingerprint density at radius 2 is 1.89 bits per heavy atom. The molecule has 0 saturated heterocycles. The maximum atomic E-state index is 11.2. The van der Waals surface area contributed by atoms with Crippen LogP contribution in [0.3, 0.4) is 0 Å². The third kappa shape index (κ3) is 10.1. The summed E-state index contributed by atoms with van der Waals surface area (Å²) in [7, 11) is 0. The van der Waals surface area contributed by atoms with Crippen molar-refractivity contribution in [1.82, 2.24) is 10.6 Å². The molecule has 2 N–H and O–H groups in total. The minimum Gasteiger partial charge on any atom is -0.487 e. The average molecular weight is 336 g/mol. The van der Waals surface area contributed by atoms with Crippen LogP contribution in [0.4, 0.5) is 4.79 Å². The van der Waals surface area contributed by atoms with Crippen molar-refractivity contribution in [2.75, 3.05) is 6.54 Å². The van der Waals surface area contributed by atoms with E-state index in [0.29, 0.717) is 0 Å². The van der Waals surface area contributed by atoms with Gasteiger partial charge in [-0.1, -0.05) is 43.7 Å². The van der Waals surface area contributed by atoms with Crippen molar-refractivity contribution < 1.29 is 37.5 Å². The normalized spacial score (nSPS) is 9.53. The molecule has 1 rings (SSSR count). The number of benzene rings is 1. The second-order valence-electron chi connectivity index (χ2n) is 4.31. The molecule has 0 atom stereocenters. The van der Waals surface area contributed by atoms with E-state index in [1.807, 2.05) is 13.0 Å². The molecule has 3 nitrogen and oxygen atoms in total. The molecule has 0 spiro atoms. The monoisotopic (exact) mass is 336 g/mol. The van der Waals surface area contributed by atoms with Crippen LogP contribution < -0.4 is 10.6 Å². The van der Waals surface area contributed by atoms with E-state index in [9.17, 15) is 4.79 Å². The molecule has 0 aliphatic rings. The van der Waals surface area contributed by atoms with Gasteiger partial charge in [0.05, 0.1) is 0 Å². The van der Waals surface area contributed by atoms with E-state index in [2.05, 4.69) is 34.9 Å². The molecule has 1 aromatic rings. The van der Waals surface area contributed by atoms with Gasteiger partial charge in [0.1, 0.15) is 0 Å². The molecule has 0 aliphatic carbocycles. The van der Waals surface area contributed by atoms with E-state index in [0.717, 1.165) is 32.2 Å².